The third kappa shape index (κ3) is 4.19. The zero-order valence-electron chi connectivity index (χ0n) is 14.4. The van der Waals surface area contributed by atoms with Crippen LogP contribution < -0.4 is 14.2 Å². The Morgan fingerprint density at radius 2 is 1.67 bits per heavy atom. The van der Waals surface area contributed by atoms with Crippen LogP contribution in [0.15, 0.2) is 30.3 Å². The van der Waals surface area contributed by atoms with Gasteiger partial charge in [0.15, 0.2) is 0 Å². The fourth-order valence-electron chi connectivity index (χ4n) is 2.38. The highest BCUT2D eigenvalue weighted by Crippen LogP contribution is 2.26. The number of carboxylic acids is 1. The van der Waals surface area contributed by atoms with Crippen molar-refractivity contribution >= 4 is 5.97 Å². The van der Waals surface area contributed by atoms with Gasteiger partial charge in [-0.2, -0.15) is 0 Å². The van der Waals surface area contributed by atoms with Gasteiger partial charge in [-0.3, -0.25) is 0 Å². The molecule has 2 rings (SSSR count). The Kier molecular flexibility index (Phi) is 5.68. The van der Waals surface area contributed by atoms with E-state index in [4.69, 9.17) is 14.2 Å². The number of carboxylic acid groups (broad SMARTS) is 1. The van der Waals surface area contributed by atoms with Crippen molar-refractivity contribution in [1.29, 1.82) is 0 Å². The van der Waals surface area contributed by atoms with Gasteiger partial charge in [0.05, 0.1) is 7.11 Å². The molecule has 0 atom stereocenters. The molecule has 0 saturated heterocycles. The summed E-state index contributed by atoms with van der Waals surface area (Å²) in [5, 5.41) is 9.21. The lowest BCUT2D eigenvalue weighted by Gasteiger charge is -2.14. The first-order chi connectivity index (χ1) is 11.4. The van der Waals surface area contributed by atoms with Gasteiger partial charge < -0.3 is 19.3 Å². The number of hydrogen-bond donors (Lipinski definition) is 1. The molecule has 2 aromatic carbocycles. The van der Waals surface area contributed by atoms with Crippen LogP contribution >= 0.6 is 0 Å². The number of aromatic carboxylic acids is 1. The van der Waals surface area contributed by atoms with Crippen molar-refractivity contribution in [3.05, 3.63) is 52.6 Å². The summed E-state index contributed by atoms with van der Waals surface area (Å²) in [6.45, 7) is 6.63. The third-order valence-corrected chi connectivity index (χ3v) is 3.78. The monoisotopic (exact) mass is 330 g/mol. The third-order valence-electron chi connectivity index (χ3n) is 3.78. The lowest BCUT2D eigenvalue weighted by molar-refractivity contribution is 0.0691. The van der Waals surface area contributed by atoms with Crippen molar-refractivity contribution in [3.8, 4) is 17.2 Å². The van der Waals surface area contributed by atoms with Gasteiger partial charge in [-0.05, 0) is 55.7 Å². The Hall–Kier alpha value is -2.69. The van der Waals surface area contributed by atoms with Crippen LogP contribution in [0.4, 0.5) is 0 Å². The Labute approximate surface area is 141 Å². The number of hydrogen-bond acceptors (Lipinski definition) is 4. The SMILES string of the molecule is COc1ccc(C(=O)O)c(OCCOc2cc(C)cc(C)c2C)c1. The van der Waals surface area contributed by atoms with Crippen LogP contribution in [-0.4, -0.2) is 31.4 Å². The lowest BCUT2D eigenvalue weighted by atomic mass is 10.1. The fourth-order valence-corrected chi connectivity index (χ4v) is 2.38. The number of aryl methyl sites for hydroxylation is 2. The molecule has 0 aliphatic carbocycles. The largest absolute Gasteiger partial charge is 0.497 e. The first-order valence-electron chi connectivity index (χ1n) is 7.67. The zero-order valence-corrected chi connectivity index (χ0v) is 14.4. The summed E-state index contributed by atoms with van der Waals surface area (Å²) in [5.41, 5.74) is 3.49. The van der Waals surface area contributed by atoms with E-state index in [1.54, 1.807) is 12.1 Å². The maximum absolute atomic E-state index is 11.2. The first kappa shape index (κ1) is 17.7. The van der Waals surface area contributed by atoms with Crippen molar-refractivity contribution < 1.29 is 24.1 Å². The van der Waals surface area contributed by atoms with Gasteiger partial charge in [0.25, 0.3) is 0 Å². The number of rotatable bonds is 7. The molecule has 0 unspecified atom stereocenters. The molecule has 0 amide bonds. The highest BCUT2D eigenvalue weighted by atomic mass is 16.5. The molecule has 0 fully saturated rings. The standard InChI is InChI=1S/C19H22O5/c1-12-9-13(2)14(3)17(10-12)23-7-8-24-18-11-15(22-4)5-6-16(18)19(20)21/h5-6,9-11H,7-8H2,1-4H3,(H,20,21). The number of methoxy groups -OCH3 is 1. The van der Waals surface area contributed by atoms with Crippen LogP contribution in [0.5, 0.6) is 17.2 Å². The van der Waals surface area contributed by atoms with Gasteiger partial charge in [-0.15, -0.1) is 0 Å². The summed E-state index contributed by atoms with van der Waals surface area (Å²) in [6.07, 6.45) is 0. The highest BCUT2D eigenvalue weighted by Gasteiger charge is 2.12. The van der Waals surface area contributed by atoms with Crippen LogP contribution in [0.3, 0.4) is 0 Å². The molecule has 5 heteroatoms. The van der Waals surface area contributed by atoms with Gasteiger partial charge in [-0.1, -0.05) is 6.07 Å². The van der Waals surface area contributed by atoms with E-state index < -0.39 is 5.97 Å². The molecule has 0 saturated carbocycles. The first-order valence-corrected chi connectivity index (χ1v) is 7.67. The predicted molar refractivity (Wildman–Crippen MR) is 91.6 cm³/mol. The molecule has 2 aromatic rings. The van der Waals surface area contributed by atoms with E-state index in [1.807, 2.05) is 26.8 Å². The van der Waals surface area contributed by atoms with Crippen molar-refractivity contribution in [1.82, 2.24) is 0 Å². The van der Waals surface area contributed by atoms with Gasteiger partial charge in [0.2, 0.25) is 0 Å². The maximum atomic E-state index is 11.2. The average Bonchev–Trinajstić information content (AvgIpc) is 2.55. The van der Waals surface area contributed by atoms with Gasteiger partial charge in [0, 0.05) is 6.07 Å². The van der Waals surface area contributed by atoms with Crippen LogP contribution in [0.25, 0.3) is 0 Å². The summed E-state index contributed by atoms with van der Waals surface area (Å²) in [4.78, 5) is 11.2. The molecule has 0 aromatic heterocycles. The van der Waals surface area contributed by atoms with Gasteiger partial charge >= 0.3 is 5.97 Å². The number of ether oxygens (including phenoxy) is 3. The molecule has 128 valence electrons. The smallest absolute Gasteiger partial charge is 0.339 e. The van der Waals surface area contributed by atoms with E-state index in [0.717, 1.165) is 16.9 Å². The normalized spacial score (nSPS) is 10.3. The molecular formula is C19H22O5. The summed E-state index contributed by atoms with van der Waals surface area (Å²) in [7, 11) is 1.52. The van der Waals surface area contributed by atoms with Crippen LogP contribution in [0, 0.1) is 20.8 Å². The maximum Gasteiger partial charge on any atom is 0.339 e. The van der Waals surface area contributed by atoms with E-state index >= 15 is 0 Å². The van der Waals surface area contributed by atoms with E-state index in [1.165, 1.54) is 18.7 Å². The van der Waals surface area contributed by atoms with Crippen LogP contribution in [0.2, 0.25) is 0 Å². The van der Waals surface area contributed by atoms with E-state index in [2.05, 4.69) is 6.07 Å². The minimum Gasteiger partial charge on any atom is -0.497 e. The second kappa shape index (κ2) is 7.73. The number of benzene rings is 2. The Bertz CT molecular complexity index is 737. The topological polar surface area (TPSA) is 65.0 Å². The van der Waals surface area contributed by atoms with Crippen LogP contribution in [0.1, 0.15) is 27.0 Å². The molecule has 0 heterocycles. The van der Waals surface area contributed by atoms with Gasteiger partial charge in [0.1, 0.15) is 36.0 Å². The molecular weight excluding hydrogens is 308 g/mol. The van der Waals surface area contributed by atoms with Crippen molar-refractivity contribution in [2.75, 3.05) is 20.3 Å². The molecule has 0 bridgehead atoms. The molecule has 5 nitrogen and oxygen atoms in total. The molecule has 0 aliphatic heterocycles. The quantitative estimate of drug-likeness (QED) is 0.783. The Balaban J connectivity index is 2.01. The molecule has 0 spiro atoms. The minimum absolute atomic E-state index is 0.0957. The predicted octanol–water partition coefficient (Wildman–Crippen LogP) is 3.78. The Morgan fingerprint density at radius 3 is 2.29 bits per heavy atom. The van der Waals surface area contributed by atoms with E-state index in [0.29, 0.717) is 12.4 Å². The lowest BCUT2D eigenvalue weighted by Crippen LogP contribution is -2.12. The molecule has 0 aliphatic rings. The van der Waals surface area contributed by atoms with Crippen molar-refractivity contribution in [3.63, 3.8) is 0 Å². The highest BCUT2D eigenvalue weighted by molar-refractivity contribution is 5.91. The summed E-state index contributed by atoms with van der Waals surface area (Å²) >= 11 is 0. The fraction of sp³-hybridized carbons (Fsp3) is 0.316. The van der Waals surface area contributed by atoms with E-state index in [-0.39, 0.29) is 17.9 Å². The van der Waals surface area contributed by atoms with Crippen molar-refractivity contribution in [2.45, 2.75) is 20.8 Å². The second-order valence-electron chi connectivity index (χ2n) is 5.57. The summed E-state index contributed by atoms with van der Waals surface area (Å²) in [5.74, 6) is 0.586. The minimum atomic E-state index is -1.04. The van der Waals surface area contributed by atoms with Gasteiger partial charge in [-0.25, -0.2) is 4.79 Å². The second-order valence-corrected chi connectivity index (χ2v) is 5.57. The van der Waals surface area contributed by atoms with Crippen LogP contribution in [-0.2, 0) is 0 Å². The average molecular weight is 330 g/mol. The van der Waals surface area contributed by atoms with Crippen molar-refractivity contribution in [2.24, 2.45) is 0 Å². The molecule has 1 N–H and O–H groups in total. The molecule has 24 heavy (non-hydrogen) atoms. The van der Waals surface area contributed by atoms with E-state index in [9.17, 15) is 9.90 Å². The zero-order chi connectivity index (χ0) is 17.7. The molecule has 0 radical (unpaired) electrons. The Morgan fingerprint density at radius 1 is 1.00 bits per heavy atom. The summed E-state index contributed by atoms with van der Waals surface area (Å²) < 4.78 is 16.5. The number of carbonyl (C=O) groups is 1. The summed E-state index contributed by atoms with van der Waals surface area (Å²) in [6, 6.07) is 8.70.